The zero-order valence-corrected chi connectivity index (χ0v) is 10.8. The van der Waals surface area contributed by atoms with Crippen LogP contribution in [0.25, 0.3) is 0 Å². The Bertz CT molecular complexity index is 581. The lowest BCUT2D eigenvalue weighted by atomic mass is 10.1. The molecule has 0 aliphatic rings. The van der Waals surface area contributed by atoms with E-state index >= 15 is 0 Å². The van der Waals surface area contributed by atoms with Crippen molar-refractivity contribution in [3.05, 3.63) is 65.2 Å². The van der Waals surface area contributed by atoms with Crippen molar-refractivity contribution in [1.29, 1.82) is 0 Å². The van der Waals surface area contributed by atoms with Crippen LogP contribution >= 0.6 is 0 Å². The van der Waals surface area contributed by atoms with E-state index < -0.39 is 0 Å². The summed E-state index contributed by atoms with van der Waals surface area (Å²) in [7, 11) is 0. The lowest BCUT2D eigenvalue weighted by molar-refractivity contribution is 0.0951. The molecule has 2 rings (SSSR count). The zero-order valence-electron chi connectivity index (χ0n) is 10.8. The van der Waals surface area contributed by atoms with Gasteiger partial charge in [-0.3, -0.25) is 10.6 Å². The van der Waals surface area contributed by atoms with Crippen molar-refractivity contribution < 1.29 is 4.79 Å². The molecule has 0 spiro atoms. The number of hydrogen-bond donors (Lipinski definition) is 3. The number of nitrogens with one attached hydrogen (secondary N) is 2. The second-order valence-electron chi connectivity index (χ2n) is 4.36. The van der Waals surface area contributed by atoms with Crippen LogP contribution in [0.15, 0.2) is 48.5 Å². The molecule has 1 amide bonds. The summed E-state index contributed by atoms with van der Waals surface area (Å²) in [6, 6.07) is 15.2. The molecule has 19 heavy (non-hydrogen) atoms. The van der Waals surface area contributed by atoms with Crippen molar-refractivity contribution in [2.75, 3.05) is 5.43 Å². The van der Waals surface area contributed by atoms with E-state index in [2.05, 4.69) is 10.7 Å². The number of nitrogens with two attached hydrogens (primary N) is 1. The molecule has 0 heterocycles. The lowest BCUT2D eigenvalue weighted by Crippen LogP contribution is -2.24. The van der Waals surface area contributed by atoms with Gasteiger partial charge in [0.15, 0.2) is 0 Å². The Labute approximate surface area is 112 Å². The van der Waals surface area contributed by atoms with Crippen LogP contribution in [-0.2, 0) is 6.54 Å². The quantitative estimate of drug-likeness (QED) is 0.579. The van der Waals surface area contributed by atoms with E-state index in [9.17, 15) is 4.79 Å². The number of carbonyl (C=O) groups is 1. The molecule has 0 saturated heterocycles. The van der Waals surface area contributed by atoms with E-state index in [4.69, 9.17) is 5.84 Å². The van der Waals surface area contributed by atoms with E-state index in [0.29, 0.717) is 17.8 Å². The van der Waals surface area contributed by atoms with Gasteiger partial charge in [0.1, 0.15) is 0 Å². The number of carbonyl (C=O) groups excluding carboxylic acids is 1. The number of aryl methyl sites for hydroxylation is 1. The monoisotopic (exact) mass is 255 g/mol. The first-order valence-corrected chi connectivity index (χ1v) is 6.10. The average molecular weight is 255 g/mol. The van der Waals surface area contributed by atoms with Crippen LogP contribution in [-0.4, -0.2) is 5.91 Å². The highest BCUT2D eigenvalue weighted by Gasteiger charge is 2.09. The highest BCUT2D eigenvalue weighted by Crippen LogP contribution is 2.13. The number of amides is 1. The van der Waals surface area contributed by atoms with Crippen molar-refractivity contribution in [2.45, 2.75) is 13.5 Å². The van der Waals surface area contributed by atoms with E-state index in [1.165, 1.54) is 5.56 Å². The van der Waals surface area contributed by atoms with E-state index in [0.717, 1.165) is 5.56 Å². The van der Waals surface area contributed by atoms with Gasteiger partial charge in [0.2, 0.25) is 0 Å². The van der Waals surface area contributed by atoms with Crippen molar-refractivity contribution in [3.63, 3.8) is 0 Å². The molecule has 0 saturated carbocycles. The smallest absolute Gasteiger partial charge is 0.253 e. The van der Waals surface area contributed by atoms with Crippen molar-refractivity contribution in [1.82, 2.24) is 5.32 Å². The van der Waals surface area contributed by atoms with E-state index in [-0.39, 0.29) is 5.91 Å². The lowest BCUT2D eigenvalue weighted by Gasteiger charge is -2.09. The van der Waals surface area contributed by atoms with Gasteiger partial charge in [0, 0.05) is 6.54 Å². The van der Waals surface area contributed by atoms with Gasteiger partial charge >= 0.3 is 0 Å². The Morgan fingerprint density at radius 1 is 1.16 bits per heavy atom. The molecule has 0 aliphatic carbocycles. The predicted octanol–water partition coefficient (Wildman–Crippen LogP) is 2.21. The maximum absolute atomic E-state index is 12.1. The van der Waals surface area contributed by atoms with Gasteiger partial charge in [-0.05, 0) is 24.6 Å². The number of anilines is 1. The minimum absolute atomic E-state index is 0.143. The van der Waals surface area contributed by atoms with Gasteiger partial charge in [0.05, 0.1) is 11.3 Å². The van der Waals surface area contributed by atoms with Gasteiger partial charge in [-0.15, -0.1) is 0 Å². The Balaban J connectivity index is 2.05. The average Bonchev–Trinajstić information content (AvgIpc) is 2.45. The van der Waals surface area contributed by atoms with E-state index in [1.54, 1.807) is 12.1 Å². The summed E-state index contributed by atoms with van der Waals surface area (Å²) in [6.07, 6.45) is 0. The molecule has 4 N–H and O–H groups in total. The third kappa shape index (κ3) is 3.33. The molecule has 0 atom stereocenters. The molecular weight excluding hydrogens is 238 g/mol. The summed E-state index contributed by atoms with van der Waals surface area (Å²) in [4.78, 5) is 12.1. The summed E-state index contributed by atoms with van der Waals surface area (Å²) in [5.41, 5.74) is 5.93. The molecule has 2 aromatic rings. The Kier molecular flexibility index (Phi) is 4.15. The third-order valence-electron chi connectivity index (χ3n) is 2.86. The number of hydrazine groups is 1. The van der Waals surface area contributed by atoms with E-state index in [1.807, 2.05) is 43.3 Å². The fourth-order valence-corrected chi connectivity index (χ4v) is 1.91. The topological polar surface area (TPSA) is 67.2 Å². The molecule has 98 valence electrons. The van der Waals surface area contributed by atoms with Crippen LogP contribution in [0.1, 0.15) is 21.5 Å². The predicted molar refractivity (Wildman–Crippen MR) is 76.6 cm³/mol. The number of nitrogen functional groups attached to an aromatic ring is 1. The van der Waals surface area contributed by atoms with Crippen molar-refractivity contribution in [2.24, 2.45) is 5.84 Å². The first-order chi connectivity index (χ1) is 9.20. The Morgan fingerprint density at radius 2 is 1.95 bits per heavy atom. The Morgan fingerprint density at radius 3 is 2.68 bits per heavy atom. The van der Waals surface area contributed by atoms with Crippen molar-refractivity contribution in [3.8, 4) is 0 Å². The normalized spacial score (nSPS) is 10.0. The molecule has 0 aromatic heterocycles. The number of rotatable bonds is 4. The molecular formula is C15H17N3O. The molecule has 0 radical (unpaired) electrons. The second-order valence-corrected chi connectivity index (χ2v) is 4.36. The van der Waals surface area contributed by atoms with Crippen LogP contribution < -0.4 is 16.6 Å². The zero-order chi connectivity index (χ0) is 13.7. The van der Waals surface area contributed by atoms with Gasteiger partial charge in [-0.25, -0.2) is 0 Å². The SMILES string of the molecule is Cc1cccc(CNC(=O)c2ccccc2NN)c1. The molecule has 0 aliphatic heterocycles. The summed E-state index contributed by atoms with van der Waals surface area (Å²) < 4.78 is 0. The van der Waals surface area contributed by atoms with Gasteiger partial charge in [0.25, 0.3) is 5.91 Å². The van der Waals surface area contributed by atoms with Crippen LogP contribution in [0.4, 0.5) is 5.69 Å². The van der Waals surface area contributed by atoms with Gasteiger partial charge in [-0.1, -0.05) is 42.0 Å². The Hall–Kier alpha value is -2.33. The standard InChI is InChI=1S/C15H17N3O/c1-11-5-4-6-12(9-11)10-17-15(19)13-7-2-3-8-14(13)18-16/h2-9,18H,10,16H2,1H3,(H,17,19). The number of benzene rings is 2. The summed E-state index contributed by atoms with van der Waals surface area (Å²) in [5, 5.41) is 2.88. The first kappa shape index (κ1) is 13.1. The molecule has 0 bridgehead atoms. The summed E-state index contributed by atoms with van der Waals surface area (Å²) >= 11 is 0. The summed E-state index contributed by atoms with van der Waals surface area (Å²) in [5.74, 6) is 5.24. The highest BCUT2D eigenvalue weighted by atomic mass is 16.1. The van der Waals surface area contributed by atoms with Crippen LogP contribution in [0.5, 0.6) is 0 Å². The highest BCUT2D eigenvalue weighted by molar-refractivity contribution is 5.99. The van der Waals surface area contributed by atoms with Crippen LogP contribution in [0, 0.1) is 6.92 Å². The molecule has 4 nitrogen and oxygen atoms in total. The minimum Gasteiger partial charge on any atom is -0.348 e. The van der Waals surface area contributed by atoms with Crippen LogP contribution in [0.2, 0.25) is 0 Å². The third-order valence-corrected chi connectivity index (χ3v) is 2.86. The maximum atomic E-state index is 12.1. The minimum atomic E-state index is -0.143. The number of para-hydroxylation sites is 1. The van der Waals surface area contributed by atoms with Gasteiger partial charge in [-0.2, -0.15) is 0 Å². The molecule has 0 fully saturated rings. The second kappa shape index (κ2) is 6.02. The van der Waals surface area contributed by atoms with Gasteiger partial charge < -0.3 is 10.7 Å². The molecule has 0 unspecified atom stereocenters. The van der Waals surface area contributed by atoms with Crippen LogP contribution in [0.3, 0.4) is 0 Å². The maximum Gasteiger partial charge on any atom is 0.253 e. The largest absolute Gasteiger partial charge is 0.348 e. The fraction of sp³-hybridized carbons (Fsp3) is 0.133. The number of hydrogen-bond acceptors (Lipinski definition) is 3. The first-order valence-electron chi connectivity index (χ1n) is 6.10. The fourth-order valence-electron chi connectivity index (χ4n) is 1.91. The molecule has 4 heteroatoms. The van der Waals surface area contributed by atoms with Crippen molar-refractivity contribution >= 4 is 11.6 Å². The molecule has 2 aromatic carbocycles. The summed E-state index contributed by atoms with van der Waals surface area (Å²) in [6.45, 7) is 2.53.